The predicted molar refractivity (Wildman–Crippen MR) is 51.0 cm³/mol. The topological polar surface area (TPSA) is 18.5 Å². The van der Waals surface area contributed by atoms with Gasteiger partial charge in [-0.15, -0.1) is 0 Å². The Morgan fingerprint density at radius 1 is 1.38 bits per heavy atom. The smallest absolute Gasteiger partial charge is 0.189 e. The summed E-state index contributed by atoms with van der Waals surface area (Å²) in [5.74, 6) is 0.973. The summed E-state index contributed by atoms with van der Waals surface area (Å²) < 4.78 is 10.6. The van der Waals surface area contributed by atoms with Gasteiger partial charge in [-0.05, 0) is 6.08 Å². The van der Waals surface area contributed by atoms with Crippen molar-refractivity contribution in [2.75, 3.05) is 13.4 Å². The molecular formula is C11H14O2. The highest BCUT2D eigenvalue weighted by Gasteiger charge is 2.20. The maximum absolute atomic E-state index is 5.43. The van der Waals surface area contributed by atoms with Crippen LogP contribution in [0.4, 0.5) is 0 Å². The van der Waals surface area contributed by atoms with E-state index in [1.165, 1.54) is 0 Å². The monoisotopic (exact) mass is 178 g/mol. The van der Waals surface area contributed by atoms with Crippen LogP contribution in [0.1, 0.15) is 13.8 Å². The SMILES string of the molecule is CC1(C)C=CC=C2COCOC2=C1. The first kappa shape index (κ1) is 8.57. The minimum absolute atomic E-state index is 0.0743. The van der Waals surface area contributed by atoms with Gasteiger partial charge >= 0.3 is 0 Å². The van der Waals surface area contributed by atoms with Gasteiger partial charge in [-0.2, -0.15) is 0 Å². The van der Waals surface area contributed by atoms with Gasteiger partial charge in [0.2, 0.25) is 0 Å². The summed E-state index contributed by atoms with van der Waals surface area (Å²) in [6.07, 6.45) is 8.43. The molecule has 0 N–H and O–H groups in total. The van der Waals surface area contributed by atoms with Crippen LogP contribution in [0.25, 0.3) is 0 Å². The molecule has 2 heteroatoms. The molecule has 0 aromatic heterocycles. The first-order chi connectivity index (χ1) is 6.17. The van der Waals surface area contributed by atoms with Crippen LogP contribution in [0.2, 0.25) is 0 Å². The third-order valence-electron chi connectivity index (χ3n) is 2.20. The molecule has 0 atom stereocenters. The van der Waals surface area contributed by atoms with Crippen molar-refractivity contribution in [3.63, 3.8) is 0 Å². The Morgan fingerprint density at radius 2 is 2.23 bits per heavy atom. The lowest BCUT2D eigenvalue weighted by Gasteiger charge is -2.22. The van der Waals surface area contributed by atoms with E-state index in [0.717, 1.165) is 11.3 Å². The van der Waals surface area contributed by atoms with Gasteiger partial charge in [0.1, 0.15) is 5.76 Å². The van der Waals surface area contributed by atoms with Crippen LogP contribution < -0.4 is 0 Å². The lowest BCUT2D eigenvalue weighted by Crippen LogP contribution is -2.15. The fourth-order valence-electron chi connectivity index (χ4n) is 1.48. The van der Waals surface area contributed by atoms with Crippen LogP contribution in [0.3, 0.4) is 0 Å². The van der Waals surface area contributed by atoms with E-state index >= 15 is 0 Å². The minimum Gasteiger partial charge on any atom is -0.467 e. The lowest BCUT2D eigenvalue weighted by molar-refractivity contribution is -0.0376. The second kappa shape index (κ2) is 3.04. The molecule has 1 aliphatic carbocycles. The standard InChI is InChI=1S/C11H14O2/c1-11(2)5-3-4-9-7-12-8-13-10(9)6-11/h3-6H,7-8H2,1-2H3. The molecule has 2 nitrogen and oxygen atoms in total. The summed E-state index contributed by atoms with van der Waals surface area (Å²) in [6, 6.07) is 0. The van der Waals surface area contributed by atoms with Gasteiger partial charge in [0, 0.05) is 11.0 Å². The summed E-state index contributed by atoms with van der Waals surface area (Å²) in [4.78, 5) is 0. The van der Waals surface area contributed by atoms with Crippen molar-refractivity contribution in [2.45, 2.75) is 13.8 Å². The molecule has 13 heavy (non-hydrogen) atoms. The van der Waals surface area contributed by atoms with E-state index in [0.29, 0.717) is 13.4 Å². The van der Waals surface area contributed by atoms with Crippen molar-refractivity contribution >= 4 is 0 Å². The van der Waals surface area contributed by atoms with Gasteiger partial charge in [-0.1, -0.05) is 32.1 Å². The summed E-state index contributed by atoms with van der Waals surface area (Å²) in [5, 5.41) is 0. The van der Waals surface area contributed by atoms with Gasteiger partial charge in [0.25, 0.3) is 0 Å². The molecule has 0 spiro atoms. The summed E-state index contributed by atoms with van der Waals surface area (Å²) in [6.45, 7) is 5.35. The number of allylic oxidation sites excluding steroid dienone is 4. The first-order valence-electron chi connectivity index (χ1n) is 4.50. The molecule has 2 aliphatic rings. The molecule has 2 rings (SSSR count). The van der Waals surface area contributed by atoms with Crippen LogP contribution >= 0.6 is 0 Å². The van der Waals surface area contributed by atoms with Crippen molar-refractivity contribution in [2.24, 2.45) is 5.41 Å². The number of ether oxygens (including phenoxy) is 2. The highest BCUT2D eigenvalue weighted by atomic mass is 16.7. The zero-order valence-corrected chi connectivity index (χ0v) is 8.04. The van der Waals surface area contributed by atoms with E-state index in [-0.39, 0.29) is 5.41 Å². The Balaban J connectivity index is 2.34. The number of hydrogen-bond donors (Lipinski definition) is 0. The zero-order chi connectivity index (χ0) is 9.31. The Bertz CT molecular complexity index is 295. The van der Waals surface area contributed by atoms with Crippen LogP contribution in [-0.2, 0) is 9.47 Å². The van der Waals surface area contributed by atoms with Crippen LogP contribution in [-0.4, -0.2) is 13.4 Å². The average molecular weight is 178 g/mol. The van der Waals surface area contributed by atoms with E-state index in [1.807, 2.05) is 0 Å². The number of fused-ring (bicyclic) bond motifs is 1. The van der Waals surface area contributed by atoms with Gasteiger partial charge in [0.15, 0.2) is 6.79 Å². The Morgan fingerprint density at radius 3 is 3.08 bits per heavy atom. The maximum atomic E-state index is 5.43. The molecule has 0 aromatic rings. The lowest BCUT2D eigenvalue weighted by atomic mass is 9.92. The molecule has 0 aromatic carbocycles. The van der Waals surface area contributed by atoms with E-state index in [4.69, 9.17) is 9.47 Å². The largest absolute Gasteiger partial charge is 0.467 e. The third-order valence-corrected chi connectivity index (χ3v) is 2.20. The second-order valence-corrected chi connectivity index (χ2v) is 3.99. The van der Waals surface area contributed by atoms with Gasteiger partial charge in [-0.3, -0.25) is 0 Å². The molecule has 0 unspecified atom stereocenters. The van der Waals surface area contributed by atoms with Crippen molar-refractivity contribution in [3.05, 3.63) is 35.6 Å². The van der Waals surface area contributed by atoms with Crippen LogP contribution in [0.15, 0.2) is 35.6 Å². The maximum Gasteiger partial charge on any atom is 0.189 e. The molecule has 0 bridgehead atoms. The van der Waals surface area contributed by atoms with E-state index in [9.17, 15) is 0 Å². The first-order valence-corrected chi connectivity index (χ1v) is 4.50. The third kappa shape index (κ3) is 1.83. The molecule has 0 saturated carbocycles. The molecule has 0 amide bonds. The Hall–Kier alpha value is -1.02. The molecule has 1 aliphatic heterocycles. The van der Waals surface area contributed by atoms with E-state index in [2.05, 4.69) is 38.2 Å². The molecule has 1 saturated heterocycles. The fourth-order valence-corrected chi connectivity index (χ4v) is 1.48. The van der Waals surface area contributed by atoms with Crippen molar-refractivity contribution in [1.82, 2.24) is 0 Å². The summed E-state index contributed by atoms with van der Waals surface area (Å²) in [7, 11) is 0. The van der Waals surface area contributed by atoms with Gasteiger partial charge in [-0.25, -0.2) is 0 Å². The number of hydrogen-bond acceptors (Lipinski definition) is 2. The zero-order valence-electron chi connectivity index (χ0n) is 8.04. The predicted octanol–water partition coefficient (Wildman–Crippen LogP) is 2.40. The van der Waals surface area contributed by atoms with Gasteiger partial charge in [0.05, 0.1) is 6.61 Å². The Labute approximate surface area is 78.5 Å². The molecule has 0 radical (unpaired) electrons. The minimum atomic E-state index is 0.0743. The average Bonchev–Trinajstić information content (AvgIpc) is 2.21. The summed E-state index contributed by atoms with van der Waals surface area (Å²) in [5.41, 5.74) is 1.21. The summed E-state index contributed by atoms with van der Waals surface area (Å²) >= 11 is 0. The second-order valence-electron chi connectivity index (χ2n) is 3.99. The number of rotatable bonds is 0. The normalized spacial score (nSPS) is 25.1. The quantitative estimate of drug-likeness (QED) is 0.567. The van der Waals surface area contributed by atoms with Crippen LogP contribution in [0, 0.1) is 5.41 Å². The fraction of sp³-hybridized carbons (Fsp3) is 0.455. The van der Waals surface area contributed by atoms with Crippen molar-refractivity contribution in [1.29, 1.82) is 0 Å². The molecule has 1 heterocycles. The molecular weight excluding hydrogens is 164 g/mol. The Kier molecular flexibility index (Phi) is 2.00. The molecule has 70 valence electrons. The van der Waals surface area contributed by atoms with Crippen molar-refractivity contribution in [3.8, 4) is 0 Å². The van der Waals surface area contributed by atoms with E-state index < -0.39 is 0 Å². The highest BCUT2D eigenvalue weighted by Crippen LogP contribution is 2.29. The van der Waals surface area contributed by atoms with E-state index in [1.54, 1.807) is 0 Å². The van der Waals surface area contributed by atoms with Gasteiger partial charge < -0.3 is 9.47 Å². The van der Waals surface area contributed by atoms with Crippen LogP contribution in [0.5, 0.6) is 0 Å². The highest BCUT2D eigenvalue weighted by molar-refractivity contribution is 5.36. The van der Waals surface area contributed by atoms with Crippen molar-refractivity contribution < 1.29 is 9.47 Å². The molecule has 1 fully saturated rings.